The molecule has 3 amide bonds. The minimum atomic E-state index is -1.19. The fourth-order valence-electron chi connectivity index (χ4n) is 1.69. The first-order valence-electron chi connectivity index (χ1n) is 6.16. The van der Waals surface area contributed by atoms with Crippen molar-refractivity contribution in [3.05, 3.63) is 24.3 Å². The number of carboxylic acids is 1. The highest BCUT2D eigenvalue weighted by molar-refractivity contribution is 5.96. The molecule has 0 saturated heterocycles. The van der Waals surface area contributed by atoms with Gasteiger partial charge in [0, 0.05) is 18.2 Å². The van der Waals surface area contributed by atoms with Gasteiger partial charge in [0.05, 0.1) is 0 Å². The first kappa shape index (κ1) is 16.3. The normalized spacial score (nSPS) is 11.5. The number of phenols is 1. The lowest BCUT2D eigenvalue weighted by Gasteiger charge is -2.23. The maximum Gasteiger partial charge on any atom is 0.323 e. The molecule has 1 rings (SSSR count). The van der Waals surface area contributed by atoms with Crippen LogP contribution in [0.25, 0.3) is 0 Å². The summed E-state index contributed by atoms with van der Waals surface area (Å²) < 4.78 is 0. The van der Waals surface area contributed by atoms with Crippen LogP contribution < -0.4 is 16.0 Å². The molecule has 0 saturated carbocycles. The lowest BCUT2D eigenvalue weighted by Crippen LogP contribution is -2.47. The molecular formula is C13H17N3O5. The van der Waals surface area contributed by atoms with Crippen molar-refractivity contribution in [3.63, 3.8) is 0 Å². The third kappa shape index (κ3) is 5.39. The van der Waals surface area contributed by atoms with Crippen molar-refractivity contribution in [2.45, 2.75) is 19.4 Å². The van der Waals surface area contributed by atoms with Crippen molar-refractivity contribution in [2.75, 3.05) is 11.4 Å². The molecule has 1 atom stereocenters. The van der Waals surface area contributed by atoms with Crippen molar-refractivity contribution in [1.29, 1.82) is 0 Å². The second-order valence-electron chi connectivity index (χ2n) is 4.52. The molecule has 114 valence electrons. The molecule has 0 aliphatic carbocycles. The van der Waals surface area contributed by atoms with Gasteiger partial charge in [0.2, 0.25) is 5.91 Å². The van der Waals surface area contributed by atoms with Crippen molar-refractivity contribution in [2.24, 2.45) is 5.73 Å². The minimum Gasteiger partial charge on any atom is -0.508 e. The number of amides is 3. The highest BCUT2D eigenvalue weighted by Crippen LogP contribution is 2.18. The molecule has 8 heteroatoms. The van der Waals surface area contributed by atoms with E-state index < -0.39 is 30.5 Å². The smallest absolute Gasteiger partial charge is 0.323 e. The van der Waals surface area contributed by atoms with E-state index in [9.17, 15) is 19.5 Å². The molecule has 1 aromatic rings. The number of carboxylic acid groups (broad SMARTS) is 1. The number of carbonyl (C=O) groups is 3. The number of nitrogens with zero attached hydrogens (tertiary/aromatic N) is 1. The highest BCUT2D eigenvalue weighted by Gasteiger charge is 2.20. The van der Waals surface area contributed by atoms with Crippen LogP contribution in [0.3, 0.4) is 0 Å². The summed E-state index contributed by atoms with van der Waals surface area (Å²) in [7, 11) is 0. The zero-order chi connectivity index (χ0) is 16.0. The van der Waals surface area contributed by atoms with Crippen molar-refractivity contribution in [3.8, 4) is 5.75 Å². The third-order valence-corrected chi connectivity index (χ3v) is 2.58. The van der Waals surface area contributed by atoms with E-state index in [0.29, 0.717) is 5.69 Å². The van der Waals surface area contributed by atoms with E-state index in [1.54, 1.807) is 6.92 Å². The Morgan fingerprint density at radius 2 is 1.86 bits per heavy atom. The monoisotopic (exact) mass is 295 g/mol. The van der Waals surface area contributed by atoms with Crippen molar-refractivity contribution < 1.29 is 24.6 Å². The van der Waals surface area contributed by atoms with E-state index in [2.05, 4.69) is 5.32 Å². The fourth-order valence-corrected chi connectivity index (χ4v) is 1.69. The summed E-state index contributed by atoms with van der Waals surface area (Å²) in [4.78, 5) is 34.7. The number of hydrogen-bond donors (Lipinski definition) is 4. The second kappa shape index (κ2) is 7.13. The number of benzene rings is 1. The Morgan fingerprint density at radius 3 is 2.33 bits per heavy atom. The van der Waals surface area contributed by atoms with Crippen LogP contribution in [0.4, 0.5) is 10.5 Å². The Kier molecular flexibility index (Phi) is 5.53. The molecule has 1 aromatic carbocycles. The van der Waals surface area contributed by atoms with Gasteiger partial charge < -0.3 is 21.3 Å². The van der Waals surface area contributed by atoms with E-state index in [4.69, 9.17) is 10.8 Å². The Labute approximate surface area is 121 Å². The van der Waals surface area contributed by atoms with Gasteiger partial charge in [-0.25, -0.2) is 4.79 Å². The number of rotatable bonds is 6. The molecule has 0 radical (unpaired) electrons. The number of nitrogens with two attached hydrogens (primary N) is 1. The number of carbonyl (C=O) groups excluding carboxylic acids is 2. The number of urea groups is 1. The molecule has 5 N–H and O–H groups in total. The Bertz CT molecular complexity index is 529. The topological polar surface area (TPSA) is 133 Å². The highest BCUT2D eigenvalue weighted by atomic mass is 16.4. The van der Waals surface area contributed by atoms with Crippen LogP contribution in [0.2, 0.25) is 0 Å². The van der Waals surface area contributed by atoms with Gasteiger partial charge in [0.25, 0.3) is 0 Å². The fraction of sp³-hybridized carbons (Fsp3) is 0.308. The van der Waals surface area contributed by atoms with Gasteiger partial charge in [0.1, 0.15) is 12.3 Å². The summed E-state index contributed by atoms with van der Waals surface area (Å²) in [6.07, 6.45) is -0.0533. The van der Waals surface area contributed by atoms with Crippen LogP contribution in [-0.2, 0) is 9.59 Å². The Morgan fingerprint density at radius 1 is 1.29 bits per heavy atom. The van der Waals surface area contributed by atoms with Gasteiger partial charge in [-0.05, 0) is 31.2 Å². The minimum absolute atomic E-state index is 0.00321. The lowest BCUT2D eigenvalue weighted by molar-refractivity contribution is -0.135. The van der Waals surface area contributed by atoms with Crippen LogP contribution in [0, 0.1) is 0 Å². The quantitative estimate of drug-likeness (QED) is 0.597. The zero-order valence-electron chi connectivity index (χ0n) is 11.4. The van der Waals surface area contributed by atoms with Gasteiger partial charge in [-0.3, -0.25) is 14.5 Å². The maximum absolute atomic E-state index is 12.1. The number of primary amides is 1. The number of aromatic hydroxyl groups is 1. The molecule has 0 spiro atoms. The largest absolute Gasteiger partial charge is 0.508 e. The summed E-state index contributed by atoms with van der Waals surface area (Å²) in [6, 6.07) is 4.31. The van der Waals surface area contributed by atoms with Gasteiger partial charge in [-0.2, -0.15) is 0 Å². The summed E-state index contributed by atoms with van der Waals surface area (Å²) in [6.45, 7) is 1.03. The predicted octanol–water partition coefficient (Wildman–Crippen LogP) is 0.257. The zero-order valence-corrected chi connectivity index (χ0v) is 11.4. The standard InChI is InChI=1S/C13H17N3O5/c1-8(6-11(14)18)15-13(21)16(7-12(19)20)9-2-4-10(17)5-3-9/h2-5,8,17H,6-7H2,1H3,(H2,14,18)(H,15,21)(H,19,20). The molecular weight excluding hydrogens is 278 g/mol. The van der Waals surface area contributed by atoms with Crippen LogP contribution in [-0.4, -0.2) is 40.7 Å². The van der Waals surface area contributed by atoms with E-state index in [-0.39, 0.29) is 12.2 Å². The van der Waals surface area contributed by atoms with Gasteiger partial charge in [-0.1, -0.05) is 0 Å². The molecule has 0 heterocycles. The first-order chi connectivity index (χ1) is 9.79. The summed E-state index contributed by atoms with van der Waals surface area (Å²) in [5, 5.41) is 20.6. The van der Waals surface area contributed by atoms with Gasteiger partial charge in [-0.15, -0.1) is 0 Å². The summed E-state index contributed by atoms with van der Waals surface area (Å²) in [5.74, 6) is -1.77. The molecule has 0 aliphatic rings. The van der Waals surface area contributed by atoms with E-state index in [1.807, 2.05) is 0 Å². The third-order valence-electron chi connectivity index (χ3n) is 2.58. The van der Waals surface area contributed by atoms with Crippen molar-refractivity contribution >= 4 is 23.6 Å². The van der Waals surface area contributed by atoms with Crippen LogP contribution in [0.1, 0.15) is 13.3 Å². The summed E-state index contributed by atoms with van der Waals surface area (Å²) in [5.41, 5.74) is 5.33. The number of aliphatic carboxylic acids is 1. The number of phenolic OH excluding ortho intramolecular Hbond substituents is 1. The van der Waals surface area contributed by atoms with Crippen LogP contribution in [0.15, 0.2) is 24.3 Å². The first-order valence-corrected chi connectivity index (χ1v) is 6.16. The molecule has 0 aliphatic heterocycles. The van der Waals surface area contributed by atoms with Crippen LogP contribution >= 0.6 is 0 Å². The molecule has 1 unspecified atom stereocenters. The van der Waals surface area contributed by atoms with E-state index in [0.717, 1.165) is 4.90 Å². The number of anilines is 1. The maximum atomic E-state index is 12.1. The molecule has 0 aromatic heterocycles. The number of nitrogens with one attached hydrogen (secondary N) is 1. The van der Waals surface area contributed by atoms with Gasteiger partial charge >= 0.3 is 12.0 Å². The average Bonchev–Trinajstić information content (AvgIpc) is 2.35. The van der Waals surface area contributed by atoms with Gasteiger partial charge in [0.15, 0.2) is 0 Å². The number of hydrogen-bond acceptors (Lipinski definition) is 4. The summed E-state index contributed by atoms with van der Waals surface area (Å²) >= 11 is 0. The Balaban J connectivity index is 2.86. The van der Waals surface area contributed by atoms with Crippen LogP contribution in [0.5, 0.6) is 5.75 Å². The molecule has 21 heavy (non-hydrogen) atoms. The SMILES string of the molecule is CC(CC(N)=O)NC(=O)N(CC(=O)O)c1ccc(O)cc1. The van der Waals surface area contributed by atoms with Crippen molar-refractivity contribution in [1.82, 2.24) is 5.32 Å². The molecule has 0 fully saturated rings. The average molecular weight is 295 g/mol. The second-order valence-corrected chi connectivity index (χ2v) is 4.52. The predicted molar refractivity (Wildman–Crippen MR) is 74.9 cm³/mol. The van der Waals surface area contributed by atoms with E-state index >= 15 is 0 Å². The molecule has 8 nitrogen and oxygen atoms in total. The Hall–Kier alpha value is -2.77. The molecule has 0 bridgehead atoms. The lowest BCUT2D eigenvalue weighted by atomic mass is 10.2. The van der Waals surface area contributed by atoms with E-state index in [1.165, 1.54) is 24.3 Å².